The van der Waals surface area contributed by atoms with Crippen molar-refractivity contribution >= 4 is 11.9 Å². The van der Waals surface area contributed by atoms with Gasteiger partial charge in [0.05, 0.1) is 13.7 Å². The van der Waals surface area contributed by atoms with Gasteiger partial charge in [0.25, 0.3) is 0 Å². The Kier molecular flexibility index (Phi) is 6.45. The largest absolute Gasteiger partial charge is 0.468 e. The van der Waals surface area contributed by atoms with Crippen LogP contribution in [0.2, 0.25) is 0 Å². The van der Waals surface area contributed by atoms with Crippen LogP contribution in [-0.2, 0) is 14.3 Å². The number of piperazine rings is 1. The van der Waals surface area contributed by atoms with Crippen molar-refractivity contribution in [3.8, 4) is 0 Å². The molecule has 0 atom stereocenters. The molecular formula is C15H27N3O3. The molecule has 1 amide bonds. The minimum Gasteiger partial charge on any atom is -0.468 e. The van der Waals surface area contributed by atoms with Crippen molar-refractivity contribution < 1.29 is 14.3 Å². The fourth-order valence-electron chi connectivity index (χ4n) is 3.06. The maximum Gasteiger partial charge on any atom is 0.319 e. The van der Waals surface area contributed by atoms with E-state index in [0.717, 1.165) is 45.7 Å². The Balaban J connectivity index is 1.64. The van der Waals surface area contributed by atoms with Gasteiger partial charge in [0.15, 0.2) is 0 Å². The maximum absolute atomic E-state index is 12.2. The summed E-state index contributed by atoms with van der Waals surface area (Å²) in [6.45, 7) is 5.47. The van der Waals surface area contributed by atoms with E-state index in [4.69, 9.17) is 0 Å². The number of carbonyl (C=O) groups excluding carboxylic acids is 2. The number of amides is 1. The van der Waals surface area contributed by atoms with Gasteiger partial charge in [-0.3, -0.25) is 14.5 Å². The number of ether oxygens (including phenoxy) is 1. The SMILES string of the molecule is COC(=O)CN1CCN(C(=O)CCC2CCNCC2)CC1. The first-order chi connectivity index (χ1) is 10.2. The molecule has 2 saturated heterocycles. The number of nitrogens with one attached hydrogen (secondary N) is 1. The van der Waals surface area contributed by atoms with Crippen molar-refractivity contribution in [2.45, 2.75) is 25.7 Å². The number of methoxy groups -OCH3 is 1. The predicted octanol–water partition coefficient (Wildman–Crippen LogP) is 0.0834. The summed E-state index contributed by atoms with van der Waals surface area (Å²) in [6, 6.07) is 0. The van der Waals surface area contributed by atoms with Crippen LogP contribution in [0.4, 0.5) is 0 Å². The maximum atomic E-state index is 12.2. The van der Waals surface area contributed by atoms with Crippen LogP contribution >= 0.6 is 0 Å². The third-order valence-corrected chi connectivity index (χ3v) is 4.53. The van der Waals surface area contributed by atoms with E-state index >= 15 is 0 Å². The van der Waals surface area contributed by atoms with E-state index in [-0.39, 0.29) is 11.9 Å². The van der Waals surface area contributed by atoms with Gasteiger partial charge in [-0.05, 0) is 38.3 Å². The van der Waals surface area contributed by atoms with E-state index < -0.39 is 0 Å². The van der Waals surface area contributed by atoms with Crippen molar-refractivity contribution in [3.63, 3.8) is 0 Å². The zero-order chi connectivity index (χ0) is 15.1. The smallest absolute Gasteiger partial charge is 0.319 e. The average molecular weight is 297 g/mol. The van der Waals surface area contributed by atoms with Gasteiger partial charge in [0.1, 0.15) is 0 Å². The van der Waals surface area contributed by atoms with Gasteiger partial charge in [-0.1, -0.05) is 0 Å². The molecule has 21 heavy (non-hydrogen) atoms. The molecule has 1 N–H and O–H groups in total. The molecule has 6 heteroatoms. The quantitative estimate of drug-likeness (QED) is 0.729. The highest BCUT2D eigenvalue weighted by Crippen LogP contribution is 2.18. The number of piperidine rings is 1. The first kappa shape index (κ1) is 16.2. The summed E-state index contributed by atoms with van der Waals surface area (Å²) < 4.78 is 4.67. The molecule has 0 aromatic rings. The van der Waals surface area contributed by atoms with Gasteiger partial charge in [0, 0.05) is 32.6 Å². The first-order valence-electron chi connectivity index (χ1n) is 7.96. The summed E-state index contributed by atoms with van der Waals surface area (Å²) in [6.07, 6.45) is 4.07. The summed E-state index contributed by atoms with van der Waals surface area (Å²) in [5, 5.41) is 3.35. The Labute approximate surface area is 126 Å². The van der Waals surface area contributed by atoms with Gasteiger partial charge in [-0.2, -0.15) is 0 Å². The first-order valence-corrected chi connectivity index (χ1v) is 7.96. The molecule has 2 rings (SSSR count). The van der Waals surface area contributed by atoms with Crippen LogP contribution in [0.1, 0.15) is 25.7 Å². The third kappa shape index (κ3) is 5.28. The summed E-state index contributed by atoms with van der Waals surface area (Å²) in [5.41, 5.74) is 0. The van der Waals surface area contributed by atoms with Crippen LogP contribution < -0.4 is 5.32 Å². The normalized spacial score (nSPS) is 21.3. The molecule has 2 fully saturated rings. The fourth-order valence-corrected chi connectivity index (χ4v) is 3.06. The van der Waals surface area contributed by atoms with Crippen molar-refractivity contribution in [2.75, 3.05) is 52.9 Å². The molecule has 0 saturated carbocycles. The van der Waals surface area contributed by atoms with Crippen molar-refractivity contribution in [2.24, 2.45) is 5.92 Å². The Hall–Kier alpha value is -1.14. The number of rotatable bonds is 5. The summed E-state index contributed by atoms with van der Waals surface area (Å²) in [7, 11) is 1.41. The lowest BCUT2D eigenvalue weighted by molar-refractivity contribution is -0.142. The van der Waals surface area contributed by atoms with Crippen LogP contribution in [-0.4, -0.2) is 74.6 Å². The highest BCUT2D eigenvalue weighted by atomic mass is 16.5. The fraction of sp³-hybridized carbons (Fsp3) is 0.867. The lowest BCUT2D eigenvalue weighted by Crippen LogP contribution is -2.50. The van der Waals surface area contributed by atoms with Gasteiger partial charge >= 0.3 is 5.97 Å². The molecule has 2 heterocycles. The van der Waals surface area contributed by atoms with Crippen molar-refractivity contribution in [3.05, 3.63) is 0 Å². The highest BCUT2D eigenvalue weighted by Gasteiger charge is 2.23. The second-order valence-electron chi connectivity index (χ2n) is 5.97. The van der Waals surface area contributed by atoms with E-state index in [1.54, 1.807) is 0 Å². The van der Waals surface area contributed by atoms with Gasteiger partial charge in [-0.25, -0.2) is 0 Å². The lowest BCUT2D eigenvalue weighted by atomic mass is 9.93. The standard InChI is InChI=1S/C15H27N3O3/c1-21-15(20)12-17-8-10-18(11-9-17)14(19)3-2-13-4-6-16-7-5-13/h13,16H,2-12H2,1H3. The zero-order valence-corrected chi connectivity index (χ0v) is 13.0. The average Bonchev–Trinajstić information content (AvgIpc) is 2.54. The van der Waals surface area contributed by atoms with Gasteiger partial charge in [0.2, 0.25) is 5.91 Å². The molecule has 120 valence electrons. The third-order valence-electron chi connectivity index (χ3n) is 4.53. The molecule has 0 radical (unpaired) electrons. The number of carbonyl (C=O) groups is 2. The van der Waals surface area contributed by atoms with Crippen LogP contribution in [0.3, 0.4) is 0 Å². The minimum atomic E-state index is -0.208. The number of hydrogen-bond donors (Lipinski definition) is 1. The number of nitrogens with zero attached hydrogens (tertiary/aromatic N) is 2. The van der Waals surface area contributed by atoms with Crippen LogP contribution in [0, 0.1) is 5.92 Å². The van der Waals surface area contributed by atoms with E-state index in [0.29, 0.717) is 18.9 Å². The van der Waals surface area contributed by atoms with Crippen molar-refractivity contribution in [1.82, 2.24) is 15.1 Å². The topological polar surface area (TPSA) is 61.9 Å². The predicted molar refractivity (Wildman–Crippen MR) is 79.9 cm³/mol. The monoisotopic (exact) mass is 297 g/mol. The Morgan fingerprint density at radius 1 is 1.14 bits per heavy atom. The molecular weight excluding hydrogens is 270 g/mol. The lowest BCUT2D eigenvalue weighted by Gasteiger charge is -2.34. The molecule has 0 spiro atoms. The number of hydrogen-bond acceptors (Lipinski definition) is 5. The second-order valence-corrected chi connectivity index (χ2v) is 5.97. The van der Waals surface area contributed by atoms with E-state index in [9.17, 15) is 9.59 Å². The van der Waals surface area contributed by atoms with E-state index in [1.165, 1.54) is 20.0 Å². The summed E-state index contributed by atoms with van der Waals surface area (Å²) in [4.78, 5) is 27.4. The van der Waals surface area contributed by atoms with E-state index in [2.05, 4.69) is 10.1 Å². The Bertz CT molecular complexity index is 348. The highest BCUT2D eigenvalue weighted by molar-refractivity contribution is 5.76. The van der Waals surface area contributed by atoms with Crippen LogP contribution in [0.5, 0.6) is 0 Å². The molecule has 2 aliphatic rings. The van der Waals surface area contributed by atoms with Crippen LogP contribution in [0.25, 0.3) is 0 Å². The summed E-state index contributed by atoms with van der Waals surface area (Å²) >= 11 is 0. The Morgan fingerprint density at radius 3 is 2.43 bits per heavy atom. The molecule has 6 nitrogen and oxygen atoms in total. The molecule has 0 aliphatic carbocycles. The molecule has 2 aliphatic heterocycles. The minimum absolute atomic E-state index is 0.208. The Morgan fingerprint density at radius 2 is 1.81 bits per heavy atom. The van der Waals surface area contributed by atoms with Crippen LogP contribution in [0.15, 0.2) is 0 Å². The second kappa shape index (κ2) is 8.34. The summed E-state index contributed by atoms with van der Waals surface area (Å²) in [5.74, 6) is 0.766. The van der Waals surface area contributed by atoms with E-state index in [1.807, 2.05) is 9.80 Å². The number of esters is 1. The van der Waals surface area contributed by atoms with Crippen molar-refractivity contribution in [1.29, 1.82) is 0 Å². The molecule has 0 aromatic heterocycles. The van der Waals surface area contributed by atoms with Gasteiger partial charge in [-0.15, -0.1) is 0 Å². The molecule has 0 aromatic carbocycles. The zero-order valence-electron chi connectivity index (χ0n) is 13.0. The molecule has 0 bridgehead atoms. The molecule has 0 unspecified atom stereocenters. The van der Waals surface area contributed by atoms with Gasteiger partial charge < -0.3 is 15.0 Å².